The van der Waals surface area contributed by atoms with Crippen molar-refractivity contribution in [3.63, 3.8) is 0 Å². The van der Waals surface area contributed by atoms with Crippen molar-refractivity contribution in [2.24, 2.45) is 0 Å². The SMILES string of the molecule is C/C=C(\C)C(C)c1ccccc1. The van der Waals surface area contributed by atoms with Crippen molar-refractivity contribution in [1.82, 2.24) is 0 Å². The van der Waals surface area contributed by atoms with E-state index in [-0.39, 0.29) is 0 Å². The Morgan fingerprint density at radius 2 is 1.83 bits per heavy atom. The van der Waals surface area contributed by atoms with Gasteiger partial charge in [-0.05, 0) is 19.4 Å². The Hall–Kier alpha value is -1.04. The lowest BCUT2D eigenvalue weighted by atomic mass is 9.94. The minimum absolute atomic E-state index is 0.552. The molecule has 12 heavy (non-hydrogen) atoms. The summed E-state index contributed by atoms with van der Waals surface area (Å²) in [5.74, 6) is 0.552. The summed E-state index contributed by atoms with van der Waals surface area (Å²) in [5.41, 5.74) is 2.83. The molecule has 1 atom stereocenters. The number of allylic oxidation sites excluding steroid dienone is 2. The maximum Gasteiger partial charge on any atom is 0.00169 e. The van der Waals surface area contributed by atoms with Gasteiger partial charge in [-0.25, -0.2) is 0 Å². The highest BCUT2D eigenvalue weighted by Crippen LogP contribution is 2.22. The van der Waals surface area contributed by atoms with E-state index in [1.54, 1.807) is 0 Å². The van der Waals surface area contributed by atoms with Crippen molar-refractivity contribution < 1.29 is 0 Å². The largest absolute Gasteiger partial charge is 0.0881 e. The standard InChI is InChI=1S/C12H16/c1-4-10(2)11(3)12-8-6-5-7-9-12/h4-9,11H,1-3H3/b10-4+. The van der Waals surface area contributed by atoms with E-state index in [1.807, 2.05) is 0 Å². The zero-order valence-electron chi connectivity index (χ0n) is 8.04. The monoisotopic (exact) mass is 160 g/mol. The fourth-order valence-electron chi connectivity index (χ4n) is 1.25. The first-order chi connectivity index (χ1) is 5.75. The molecule has 0 aliphatic heterocycles. The molecule has 0 saturated carbocycles. The minimum Gasteiger partial charge on any atom is -0.0881 e. The molecular weight excluding hydrogens is 144 g/mol. The molecule has 0 aliphatic rings. The van der Waals surface area contributed by atoms with Gasteiger partial charge >= 0.3 is 0 Å². The molecule has 0 fully saturated rings. The van der Waals surface area contributed by atoms with E-state index in [2.05, 4.69) is 57.2 Å². The normalized spacial score (nSPS) is 14.4. The highest BCUT2D eigenvalue weighted by molar-refractivity contribution is 5.26. The molecule has 0 N–H and O–H groups in total. The summed E-state index contributed by atoms with van der Waals surface area (Å²) in [6, 6.07) is 10.6. The Balaban J connectivity index is 2.86. The average molecular weight is 160 g/mol. The molecule has 0 heteroatoms. The number of rotatable bonds is 2. The van der Waals surface area contributed by atoms with Crippen LogP contribution in [-0.4, -0.2) is 0 Å². The second kappa shape index (κ2) is 4.10. The quantitative estimate of drug-likeness (QED) is 0.578. The van der Waals surface area contributed by atoms with Gasteiger partial charge in [0.25, 0.3) is 0 Å². The first kappa shape index (κ1) is 9.05. The van der Waals surface area contributed by atoms with Crippen LogP contribution in [0.4, 0.5) is 0 Å². The second-order valence-electron chi connectivity index (χ2n) is 3.17. The third kappa shape index (κ3) is 1.97. The first-order valence-corrected chi connectivity index (χ1v) is 4.43. The Morgan fingerprint density at radius 1 is 1.25 bits per heavy atom. The molecule has 1 aromatic rings. The summed E-state index contributed by atoms with van der Waals surface area (Å²) in [4.78, 5) is 0. The van der Waals surface area contributed by atoms with Gasteiger partial charge < -0.3 is 0 Å². The van der Waals surface area contributed by atoms with Gasteiger partial charge in [-0.15, -0.1) is 0 Å². The lowest BCUT2D eigenvalue weighted by Crippen LogP contribution is -1.93. The lowest BCUT2D eigenvalue weighted by molar-refractivity contribution is 0.890. The van der Waals surface area contributed by atoms with Gasteiger partial charge in [-0.3, -0.25) is 0 Å². The molecule has 0 bridgehead atoms. The van der Waals surface area contributed by atoms with Crippen molar-refractivity contribution in [1.29, 1.82) is 0 Å². The molecule has 1 rings (SSSR count). The molecule has 1 aromatic carbocycles. The van der Waals surface area contributed by atoms with Gasteiger partial charge in [-0.1, -0.05) is 48.9 Å². The molecule has 0 saturated heterocycles. The molecule has 1 unspecified atom stereocenters. The maximum atomic E-state index is 2.24. The van der Waals surface area contributed by atoms with E-state index in [0.29, 0.717) is 5.92 Å². The van der Waals surface area contributed by atoms with E-state index in [4.69, 9.17) is 0 Å². The average Bonchev–Trinajstić information content (AvgIpc) is 2.17. The van der Waals surface area contributed by atoms with Crippen LogP contribution in [0.15, 0.2) is 42.0 Å². The van der Waals surface area contributed by atoms with Gasteiger partial charge in [0.2, 0.25) is 0 Å². The Labute approximate surface area is 74.9 Å². The molecule has 0 amide bonds. The van der Waals surface area contributed by atoms with Gasteiger partial charge in [0, 0.05) is 5.92 Å². The van der Waals surface area contributed by atoms with Gasteiger partial charge in [0.15, 0.2) is 0 Å². The summed E-state index contributed by atoms with van der Waals surface area (Å²) in [5, 5.41) is 0. The van der Waals surface area contributed by atoms with Crippen molar-refractivity contribution >= 4 is 0 Å². The zero-order valence-corrected chi connectivity index (χ0v) is 8.04. The Bertz CT molecular complexity index is 257. The maximum absolute atomic E-state index is 2.24. The molecule has 0 aliphatic carbocycles. The van der Waals surface area contributed by atoms with Gasteiger partial charge in [-0.2, -0.15) is 0 Å². The molecule has 0 nitrogen and oxygen atoms in total. The van der Waals surface area contributed by atoms with Crippen LogP contribution in [0.5, 0.6) is 0 Å². The van der Waals surface area contributed by atoms with Crippen LogP contribution in [-0.2, 0) is 0 Å². The van der Waals surface area contributed by atoms with Crippen LogP contribution in [0.1, 0.15) is 32.3 Å². The predicted octanol–water partition coefficient (Wildman–Crippen LogP) is 3.76. The molecule has 0 radical (unpaired) electrons. The van der Waals surface area contributed by atoms with Gasteiger partial charge in [0.05, 0.1) is 0 Å². The van der Waals surface area contributed by atoms with E-state index in [1.165, 1.54) is 11.1 Å². The third-order valence-corrected chi connectivity index (χ3v) is 2.44. The highest BCUT2D eigenvalue weighted by atomic mass is 14.1. The zero-order chi connectivity index (χ0) is 8.97. The fourth-order valence-corrected chi connectivity index (χ4v) is 1.25. The van der Waals surface area contributed by atoms with Crippen LogP contribution < -0.4 is 0 Å². The van der Waals surface area contributed by atoms with E-state index >= 15 is 0 Å². The Morgan fingerprint density at radius 3 is 2.33 bits per heavy atom. The van der Waals surface area contributed by atoms with Crippen molar-refractivity contribution in [2.45, 2.75) is 26.7 Å². The van der Waals surface area contributed by atoms with Crippen molar-refractivity contribution in [3.8, 4) is 0 Å². The van der Waals surface area contributed by atoms with Gasteiger partial charge in [0.1, 0.15) is 0 Å². The molecule has 0 heterocycles. The van der Waals surface area contributed by atoms with Crippen LogP contribution in [0.2, 0.25) is 0 Å². The molecule has 0 spiro atoms. The second-order valence-corrected chi connectivity index (χ2v) is 3.17. The number of hydrogen-bond acceptors (Lipinski definition) is 0. The summed E-state index contributed by atoms with van der Waals surface area (Å²) in [6.07, 6.45) is 2.18. The van der Waals surface area contributed by atoms with E-state index in [9.17, 15) is 0 Å². The smallest absolute Gasteiger partial charge is 0.00169 e. The Kier molecular flexibility index (Phi) is 3.09. The number of hydrogen-bond donors (Lipinski definition) is 0. The van der Waals surface area contributed by atoms with E-state index < -0.39 is 0 Å². The van der Waals surface area contributed by atoms with Crippen LogP contribution in [0.25, 0.3) is 0 Å². The molecule has 64 valence electrons. The molecular formula is C12H16. The fraction of sp³-hybridized carbons (Fsp3) is 0.333. The first-order valence-electron chi connectivity index (χ1n) is 4.43. The van der Waals surface area contributed by atoms with Crippen LogP contribution in [0, 0.1) is 0 Å². The molecule has 0 aromatic heterocycles. The lowest BCUT2D eigenvalue weighted by Gasteiger charge is -2.11. The van der Waals surface area contributed by atoms with Crippen molar-refractivity contribution in [2.75, 3.05) is 0 Å². The van der Waals surface area contributed by atoms with Crippen LogP contribution >= 0.6 is 0 Å². The van der Waals surface area contributed by atoms with Crippen LogP contribution in [0.3, 0.4) is 0 Å². The van der Waals surface area contributed by atoms with Crippen molar-refractivity contribution in [3.05, 3.63) is 47.5 Å². The summed E-state index contributed by atoms with van der Waals surface area (Å²) >= 11 is 0. The summed E-state index contributed by atoms with van der Waals surface area (Å²) in [7, 11) is 0. The van der Waals surface area contributed by atoms with E-state index in [0.717, 1.165) is 0 Å². The topological polar surface area (TPSA) is 0 Å². The minimum atomic E-state index is 0.552. The number of benzene rings is 1. The summed E-state index contributed by atoms with van der Waals surface area (Å²) in [6.45, 7) is 6.51. The predicted molar refractivity (Wildman–Crippen MR) is 54.3 cm³/mol. The highest BCUT2D eigenvalue weighted by Gasteiger charge is 2.04. The summed E-state index contributed by atoms with van der Waals surface area (Å²) < 4.78 is 0. The third-order valence-electron chi connectivity index (χ3n) is 2.44.